The Kier molecular flexibility index (Phi) is 5.20. The number of benzene rings is 1. The molecule has 1 heterocycles. The van der Waals surface area contributed by atoms with Crippen molar-refractivity contribution in [2.75, 3.05) is 5.32 Å². The normalized spacial score (nSPS) is 30.6. The Morgan fingerprint density at radius 3 is 2.20 bits per heavy atom. The van der Waals surface area contributed by atoms with Crippen LogP contribution in [0.15, 0.2) is 24.3 Å². The average Bonchev–Trinajstić information content (AvgIpc) is 3.15. The van der Waals surface area contributed by atoms with Gasteiger partial charge in [0.25, 0.3) is 0 Å². The minimum atomic E-state index is -0.140. The first-order valence-electron chi connectivity index (χ1n) is 11.6. The first-order valence-corrected chi connectivity index (χ1v) is 12.5. The van der Waals surface area contributed by atoms with E-state index in [1.165, 1.54) is 41.7 Å². The van der Waals surface area contributed by atoms with Gasteiger partial charge in [0.15, 0.2) is 0 Å². The molecule has 4 saturated carbocycles. The highest BCUT2D eigenvalue weighted by atomic mass is 32.1. The molecule has 6 rings (SSSR count). The topological polar surface area (TPSA) is 54.9 Å². The van der Waals surface area contributed by atoms with Gasteiger partial charge in [-0.3, -0.25) is 4.79 Å². The third kappa shape index (κ3) is 3.81. The molecule has 2 aromatic rings. The maximum Gasteiger partial charge on any atom is 0.232 e. The molecule has 0 unspecified atom stereocenters. The zero-order valence-corrected chi connectivity index (χ0v) is 19.2. The smallest absolute Gasteiger partial charge is 0.232 e. The number of anilines is 1. The number of rotatable bonds is 6. The second-order valence-corrected chi connectivity index (χ2v) is 11.7. The molecule has 0 spiro atoms. The van der Waals surface area contributed by atoms with Crippen LogP contribution in [0.5, 0.6) is 0 Å². The van der Waals surface area contributed by atoms with E-state index < -0.39 is 0 Å². The number of aromatic nitrogens is 2. The molecule has 0 radical (unpaired) electrons. The van der Waals surface area contributed by atoms with Crippen molar-refractivity contribution >= 4 is 22.4 Å². The van der Waals surface area contributed by atoms with Crippen LogP contribution in [0.4, 0.5) is 5.13 Å². The highest BCUT2D eigenvalue weighted by Crippen LogP contribution is 2.60. The van der Waals surface area contributed by atoms with Crippen molar-refractivity contribution in [1.29, 1.82) is 0 Å². The van der Waals surface area contributed by atoms with Crippen LogP contribution >= 0.6 is 11.3 Å². The summed E-state index contributed by atoms with van der Waals surface area (Å²) < 4.78 is 0. The molecule has 4 nitrogen and oxygen atoms in total. The lowest BCUT2D eigenvalue weighted by Gasteiger charge is -2.55. The van der Waals surface area contributed by atoms with Gasteiger partial charge in [-0.25, -0.2) is 0 Å². The Balaban J connectivity index is 1.26. The van der Waals surface area contributed by atoms with Gasteiger partial charge in [-0.15, -0.1) is 10.2 Å². The molecule has 5 heteroatoms. The molecule has 4 bridgehead atoms. The van der Waals surface area contributed by atoms with Gasteiger partial charge in [0.1, 0.15) is 5.01 Å². The number of hydrogen-bond donors (Lipinski definition) is 1. The Hall–Kier alpha value is -1.75. The summed E-state index contributed by atoms with van der Waals surface area (Å²) in [6, 6.07) is 8.86. The summed E-state index contributed by atoms with van der Waals surface area (Å²) in [6.07, 6.45) is 8.39. The first kappa shape index (κ1) is 20.2. The standard InChI is InChI=1S/C25H33N3OS/c1-15(2)8-17-4-6-21(7-5-17)16(3)22-27-28-24(30-22)26-23(29)25-12-18-9-19(13-25)11-20(10-18)14-25/h4-7,15-16,18-20H,8-14H2,1-3H3,(H,26,28,29)/t16-,18?,19?,20?,25?/m0/s1. The molecule has 0 aliphatic heterocycles. The third-order valence-electron chi connectivity index (χ3n) is 7.68. The largest absolute Gasteiger partial charge is 0.300 e. The molecular weight excluding hydrogens is 390 g/mol. The minimum Gasteiger partial charge on any atom is -0.300 e. The van der Waals surface area contributed by atoms with Crippen molar-refractivity contribution in [2.45, 2.75) is 71.6 Å². The molecule has 1 aromatic carbocycles. The van der Waals surface area contributed by atoms with Gasteiger partial charge in [-0.05, 0) is 79.7 Å². The summed E-state index contributed by atoms with van der Waals surface area (Å²) >= 11 is 1.53. The van der Waals surface area contributed by atoms with Crippen LogP contribution in [0.3, 0.4) is 0 Å². The lowest BCUT2D eigenvalue weighted by atomic mass is 9.49. The van der Waals surface area contributed by atoms with Crippen LogP contribution in [0.25, 0.3) is 0 Å². The zero-order valence-electron chi connectivity index (χ0n) is 18.4. The van der Waals surface area contributed by atoms with E-state index in [0.29, 0.717) is 11.0 Å². The quantitative estimate of drug-likeness (QED) is 0.616. The van der Waals surface area contributed by atoms with Gasteiger partial charge >= 0.3 is 0 Å². The molecule has 160 valence electrons. The Bertz CT molecular complexity index is 881. The lowest BCUT2D eigenvalue weighted by molar-refractivity contribution is -0.140. The fourth-order valence-electron chi connectivity index (χ4n) is 6.63. The summed E-state index contributed by atoms with van der Waals surface area (Å²) in [5.74, 6) is 3.36. The van der Waals surface area contributed by atoms with Crippen molar-refractivity contribution < 1.29 is 4.79 Å². The highest BCUT2D eigenvalue weighted by molar-refractivity contribution is 7.15. The molecule has 1 aromatic heterocycles. The molecular formula is C25H33N3OS. The first-order chi connectivity index (χ1) is 14.4. The number of nitrogens with one attached hydrogen (secondary N) is 1. The van der Waals surface area contributed by atoms with Crippen molar-refractivity contribution in [3.63, 3.8) is 0 Å². The van der Waals surface area contributed by atoms with E-state index in [1.54, 1.807) is 0 Å². The van der Waals surface area contributed by atoms with Crippen LogP contribution in [-0.4, -0.2) is 16.1 Å². The average molecular weight is 424 g/mol. The minimum absolute atomic E-state index is 0.140. The van der Waals surface area contributed by atoms with E-state index in [4.69, 9.17) is 0 Å². The highest BCUT2D eigenvalue weighted by Gasteiger charge is 2.54. The molecule has 4 aliphatic carbocycles. The van der Waals surface area contributed by atoms with Crippen LogP contribution < -0.4 is 5.32 Å². The predicted octanol–water partition coefficient (Wildman–Crippen LogP) is 6.04. The van der Waals surface area contributed by atoms with E-state index >= 15 is 0 Å². The van der Waals surface area contributed by atoms with Crippen LogP contribution in [-0.2, 0) is 11.2 Å². The van der Waals surface area contributed by atoms with E-state index in [9.17, 15) is 4.79 Å². The van der Waals surface area contributed by atoms with Crippen molar-refractivity contribution in [2.24, 2.45) is 29.1 Å². The van der Waals surface area contributed by atoms with Gasteiger partial charge in [0.2, 0.25) is 11.0 Å². The summed E-state index contributed by atoms with van der Waals surface area (Å²) in [7, 11) is 0. The SMILES string of the molecule is CC(C)Cc1ccc([C@H](C)c2nnc(NC(=O)C34CC5CC(CC(C5)C3)C4)s2)cc1. The van der Waals surface area contributed by atoms with Crippen molar-refractivity contribution in [3.8, 4) is 0 Å². The molecule has 0 saturated heterocycles. The molecule has 1 amide bonds. The second kappa shape index (κ2) is 7.74. The summed E-state index contributed by atoms with van der Waals surface area (Å²) in [5.41, 5.74) is 2.48. The Morgan fingerprint density at radius 2 is 1.63 bits per heavy atom. The van der Waals surface area contributed by atoms with Gasteiger partial charge in [0, 0.05) is 5.92 Å². The van der Waals surface area contributed by atoms with Crippen LogP contribution in [0.1, 0.15) is 81.3 Å². The summed E-state index contributed by atoms with van der Waals surface area (Å²) in [5, 5.41) is 13.5. The van der Waals surface area contributed by atoms with Gasteiger partial charge in [-0.2, -0.15) is 0 Å². The fraction of sp³-hybridized carbons (Fsp3) is 0.640. The van der Waals surface area contributed by atoms with Gasteiger partial charge in [-0.1, -0.05) is 56.4 Å². The number of nitrogens with zero attached hydrogens (tertiary/aromatic N) is 2. The van der Waals surface area contributed by atoms with Gasteiger partial charge in [0.05, 0.1) is 5.41 Å². The van der Waals surface area contributed by atoms with Crippen LogP contribution in [0, 0.1) is 29.1 Å². The zero-order chi connectivity index (χ0) is 20.9. The van der Waals surface area contributed by atoms with E-state index in [-0.39, 0.29) is 17.2 Å². The Labute approximate surface area is 183 Å². The summed E-state index contributed by atoms with van der Waals surface area (Å²) in [4.78, 5) is 13.3. The van der Waals surface area contributed by atoms with E-state index in [0.717, 1.165) is 48.4 Å². The maximum absolute atomic E-state index is 13.3. The number of amides is 1. The second-order valence-electron chi connectivity index (χ2n) is 10.7. The number of carbonyl (C=O) groups is 1. The molecule has 4 aliphatic rings. The predicted molar refractivity (Wildman–Crippen MR) is 122 cm³/mol. The summed E-state index contributed by atoms with van der Waals surface area (Å²) in [6.45, 7) is 6.66. The number of carbonyl (C=O) groups excluding carboxylic acids is 1. The third-order valence-corrected chi connectivity index (χ3v) is 8.70. The molecule has 1 atom stereocenters. The molecule has 4 fully saturated rings. The van der Waals surface area contributed by atoms with Gasteiger partial charge < -0.3 is 5.32 Å². The molecule has 30 heavy (non-hydrogen) atoms. The van der Waals surface area contributed by atoms with Crippen LogP contribution in [0.2, 0.25) is 0 Å². The number of hydrogen-bond acceptors (Lipinski definition) is 4. The van der Waals surface area contributed by atoms with Crippen molar-refractivity contribution in [1.82, 2.24) is 10.2 Å². The molecule has 1 N–H and O–H groups in total. The Morgan fingerprint density at radius 1 is 1.03 bits per heavy atom. The van der Waals surface area contributed by atoms with E-state index in [2.05, 4.69) is 60.6 Å². The maximum atomic E-state index is 13.3. The van der Waals surface area contributed by atoms with Crippen molar-refractivity contribution in [3.05, 3.63) is 40.4 Å². The lowest BCUT2D eigenvalue weighted by Crippen LogP contribution is -2.51. The fourth-order valence-corrected chi connectivity index (χ4v) is 7.45. The monoisotopic (exact) mass is 423 g/mol. The van der Waals surface area contributed by atoms with E-state index in [1.807, 2.05) is 0 Å².